The average Bonchev–Trinajstić information content (AvgIpc) is 3.63. The maximum absolute atomic E-state index is 13.9. The number of halogens is 1. The molecule has 230 valence electrons. The quantitative estimate of drug-likeness (QED) is 0.201. The van der Waals surface area contributed by atoms with E-state index in [0.717, 1.165) is 27.7 Å². The zero-order valence-electron chi connectivity index (χ0n) is 25.7. The number of aromatic nitrogens is 2. The smallest absolute Gasteiger partial charge is 0.226 e. The van der Waals surface area contributed by atoms with Crippen molar-refractivity contribution in [1.82, 2.24) is 14.6 Å². The average molecular weight is 617 g/mol. The molecule has 0 fully saturated rings. The molecule has 0 bridgehead atoms. The second-order valence-electron chi connectivity index (χ2n) is 10.9. The molecule has 2 heterocycles. The third kappa shape index (κ3) is 6.67. The summed E-state index contributed by atoms with van der Waals surface area (Å²) in [5.74, 6) is 1.65. The first-order valence-corrected chi connectivity index (χ1v) is 15.3. The van der Waals surface area contributed by atoms with Gasteiger partial charge in [-0.05, 0) is 80.4 Å². The molecule has 1 amide bonds. The van der Waals surface area contributed by atoms with Crippen molar-refractivity contribution >= 4 is 35.4 Å². The van der Waals surface area contributed by atoms with Gasteiger partial charge in [-0.15, -0.1) is 0 Å². The highest BCUT2D eigenvalue weighted by molar-refractivity contribution is 8.00. The van der Waals surface area contributed by atoms with Crippen molar-refractivity contribution in [2.45, 2.75) is 50.6 Å². The first-order valence-electron chi connectivity index (χ1n) is 14.4. The number of hydrogen-bond acceptors (Lipinski definition) is 8. The maximum Gasteiger partial charge on any atom is 0.226 e. The molecule has 0 aliphatic carbocycles. The Morgan fingerprint density at radius 2 is 1.77 bits per heavy atom. The van der Waals surface area contributed by atoms with Crippen LogP contribution >= 0.6 is 11.8 Å². The number of hydrazone groups is 1. The fraction of sp³-hybridized carbons (Fsp3) is 0.303. The fourth-order valence-corrected chi connectivity index (χ4v) is 6.34. The van der Waals surface area contributed by atoms with E-state index in [1.807, 2.05) is 72.8 Å². The molecule has 9 nitrogen and oxygen atoms in total. The van der Waals surface area contributed by atoms with Gasteiger partial charge in [0.2, 0.25) is 5.91 Å². The van der Waals surface area contributed by atoms with Crippen molar-refractivity contribution < 1.29 is 18.7 Å². The second kappa shape index (κ2) is 13.4. The lowest BCUT2D eigenvalue weighted by atomic mass is 10.1. The van der Waals surface area contributed by atoms with Crippen LogP contribution in [0.15, 0.2) is 83.1 Å². The van der Waals surface area contributed by atoms with Gasteiger partial charge in [0.25, 0.3) is 0 Å². The number of carbonyl (C=O) groups is 1. The van der Waals surface area contributed by atoms with Crippen LogP contribution in [0.3, 0.4) is 0 Å². The zero-order chi connectivity index (χ0) is 31.4. The van der Waals surface area contributed by atoms with Crippen LogP contribution in [0.5, 0.6) is 11.5 Å². The Labute approximate surface area is 261 Å². The first-order chi connectivity index (χ1) is 21.2. The molecule has 1 N–H and O–H groups in total. The van der Waals surface area contributed by atoms with E-state index >= 15 is 0 Å². The van der Waals surface area contributed by atoms with Crippen molar-refractivity contribution in [2.24, 2.45) is 11.0 Å². The van der Waals surface area contributed by atoms with Gasteiger partial charge in [0, 0.05) is 34.6 Å². The van der Waals surface area contributed by atoms with Gasteiger partial charge < -0.3 is 19.4 Å². The number of rotatable bonds is 11. The number of imidazole rings is 1. The molecule has 5 rings (SSSR count). The van der Waals surface area contributed by atoms with Crippen molar-refractivity contribution in [1.29, 1.82) is 0 Å². The van der Waals surface area contributed by atoms with Crippen LogP contribution in [0.2, 0.25) is 0 Å². The molecule has 3 aromatic carbocycles. The van der Waals surface area contributed by atoms with E-state index in [1.54, 1.807) is 50.6 Å². The number of nitrogens with one attached hydrogen (secondary N) is 1. The van der Waals surface area contributed by atoms with Crippen LogP contribution < -0.4 is 19.7 Å². The minimum absolute atomic E-state index is 0.0328. The van der Waals surface area contributed by atoms with Gasteiger partial charge in [-0.3, -0.25) is 14.7 Å². The van der Waals surface area contributed by atoms with Crippen molar-refractivity contribution in [3.8, 4) is 17.2 Å². The number of thioether (sulfide) groups is 1. The van der Waals surface area contributed by atoms with E-state index in [-0.39, 0.29) is 29.2 Å². The molecule has 44 heavy (non-hydrogen) atoms. The van der Waals surface area contributed by atoms with E-state index in [0.29, 0.717) is 23.6 Å². The molecule has 0 spiro atoms. The van der Waals surface area contributed by atoms with E-state index in [9.17, 15) is 9.18 Å². The lowest BCUT2D eigenvalue weighted by Crippen LogP contribution is -2.42. The summed E-state index contributed by atoms with van der Waals surface area (Å²) in [6.07, 6.45) is 6.15. The van der Waals surface area contributed by atoms with Crippen LogP contribution in [0.1, 0.15) is 32.2 Å². The molecule has 4 aromatic rings. The minimum atomic E-state index is -0.325. The second-order valence-corrected chi connectivity index (χ2v) is 11.9. The van der Waals surface area contributed by atoms with Crippen LogP contribution in [-0.4, -0.2) is 52.6 Å². The third-order valence-electron chi connectivity index (χ3n) is 7.40. The lowest BCUT2D eigenvalue weighted by molar-refractivity contribution is -0.118. The summed E-state index contributed by atoms with van der Waals surface area (Å²) in [6, 6.07) is 18.1. The van der Waals surface area contributed by atoms with E-state index in [4.69, 9.17) is 14.6 Å². The van der Waals surface area contributed by atoms with Gasteiger partial charge in [-0.25, -0.2) is 9.37 Å². The maximum atomic E-state index is 13.9. The summed E-state index contributed by atoms with van der Waals surface area (Å²) in [5, 5.41) is 9.93. The van der Waals surface area contributed by atoms with Gasteiger partial charge in [0.1, 0.15) is 18.0 Å². The number of aryl methyl sites for hydroxylation is 1. The number of methoxy groups -OCH3 is 2. The predicted molar refractivity (Wildman–Crippen MR) is 173 cm³/mol. The Hall–Kier alpha value is -4.51. The number of benzene rings is 3. The van der Waals surface area contributed by atoms with E-state index in [2.05, 4.69) is 22.2 Å². The standard InChI is InChI=1S/C33H37FN6O3S/c1-21(2)32(41)37-26-10-13-28(38-16-15-35-23(38)4)31(19-26)44-33-39(27-11-8-25(34)9-12-27)20-36-40(33)22(3)17-24-7-14-29(42-5)30(18-24)43-6/h7-16,18-22,33H,17H2,1-6H3,(H,37,41). The fourth-order valence-electron chi connectivity index (χ4n) is 4.97. The van der Waals surface area contributed by atoms with Gasteiger partial charge in [0.15, 0.2) is 17.0 Å². The van der Waals surface area contributed by atoms with Crippen molar-refractivity contribution in [3.05, 3.63) is 90.3 Å². The normalized spacial score (nSPS) is 15.1. The summed E-state index contributed by atoms with van der Waals surface area (Å²) >= 11 is 1.59. The van der Waals surface area contributed by atoms with E-state index in [1.165, 1.54) is 12.1 Å². The Balaban J connectivity index is 1.52. The zero-order valence-corrected chi connectivity index (χ0v) is 26.5. The molecule has 11 heteroatoms. The molecule has 2 atom stereocenters. The van der Waals surface area contributed by atoms with Gasteiger partial charge in [-0.2, -0.15) is 5.10 Å². The lowest BCUT2D eigenvalue weighted by Gasteiger charge is -2.34. The predicted octanol–water partition coefficient (Wildman–Crippen LogP) is 6.70. The highest BCUT2D eigenvalue weighted by Gasteiger charge is 2.34. The summed E-state index contributed by atoms with van der Waals surface area (Å²) in [4.78, 5) is 20.0. The number of nitrogens with zero attached hydrogens (tertiary/aromatic N) is 5. The Bertz CT molecular complexity index is 1640. The van der Waals surface area contributed by atoms with Crippen molar-refractivity contribution in [2.75, 3.05) is 24.4 Å². The molecular weight excluding hydrogens is 579 g/mol. The number of amides is 1. The first kappa shape index (κ1) is 30.9. The molecule has 0 radical (unpaired) electrons. The number of ether oxygens (including phenoxy) is 2. The monoisotopic (exact) mass is 616 g/mol. The molecule has 0 saturated heterocycles. The van der Waals surface area contributed by atoms with Gasteiger partial charge >= 0.3 is 0 Å². The number of anilines is 2. The summed E-state index contributed by atoms with van der Waals surface area (Å²) in [7, 11) is 3.24. The van der Waals surface area contributed by atoms with Crippen molar-refractivity contribution in [3.63, 3.8) is 0 Å². The highest BCUT2D eigenvalue weighted by atomic mass is 32.2. The van der Waals surface area contributed by atoms with Crippen LogP contribution in [0.4, 0.5) is 15.8 Å². The SMILES string of the molecule is COc1ccc(CC(C)N2N=CN(c3ccc(F)cc3)C2Sc2cc(NC(=O)C(C)C)ccc2-n2ccnc2C)cc1OC. The summed E-state index contributed by atoms with van der Waals surface area (Å²) < 4.78 is 26.9. The number of hydrogen-bond donors (Lipinski definition) is 1. The molecule has 0 saturated carbocycles. The van der Waals surface area contributed by atoms with Crippen LogP contribution in [-0.2, 0) is 11.2 Å². The Morgan fingerprint density at radius 3 is 2.43 bits per heavy atom. The molecule has 1 aliphatic rings. The largest absolute Gasteiger partial charge is 0.493 e. The number of carbonyl (C=O) groups excluding carboxylic acids is 1. The minimum Gasteiger partial charge on any atom is -0.493 e. The Kier molecular flexibility index (Phi) is 9.43. The summed E-state index contributed by atoms with van der Waals surface area (Å²) in [5.41, 5.74) is 3.17. The van der Waals surface area contributed by atoms with Crippen LogP contribution in [0, 0.1) is 18.7 Å². The van der Waals surface area contributed by atoms with Gasteiger partial charge in [-0.1, -0.05) is 31.7 Å². The van der Waals surface area contributed by atoms with E-state index < -0.39 is 0 Å². The molecule has 1 aromatic heterocycles. The van der Waals surface area contributed by atoms with Gasteiger partial charge in [0.05, 0.1) is 25.9 Å². The molecule has 1 aliphatic heterocycles. The third-order valence-corrected chi connectivity index (χ3v) is 8.63. The topological polar surface area (TPSA) is 84.2 Å². The molecule has 2 unspecified atom stereocenters. The summed E-state index contributed by atoms with van der Waals surface area (Å²) in [6.45, 7) is 7.80. The Morgan fingerprint density at radius 1 is 1.02 bits per heavy atom. The van der Waals surface area contributed by atoms with Crippen LogP contribution in [0.25, 0.3) is 5.69 Å². The molecular formula is C33H37FN6O3S. The highest BCUT2D eigenvalue weighted by Crippen LogP contribution is 2.40.